The molecular weight excluding hydrogens is 385 g/mol. The summed E-state index contributed by atoms with van der Waals surface area (Å²) in [5.41, 5.74) is 6.95. The van der Waals surface area contributed by atoms with Crippen LogP contribution >= 0.6 is 0 Å². The number of pyridine rings is 1. The average molecular weight is 410 g/mol. The molecule has 0 N–H and O–H groups in total. The van der Waals surface area contributed by atoms with E-state index in [4.69, 9.17) is 0 Å². The van der Waals surface area contributed by atoms with Gasteiger partial charge in [0.05, 0.1) is 5.69 Å². The molecule has 0 aliphatic carbocycles. The lowest BCUT2D eigenvalue weighted by atomic mass is 10.0. The highest BCUT2D eigenvalue weighted by atomic mass is 19.1. The Morgan fingerprint density at radius 3 is 2.32 bits per heavy atom. The molecule has 0 unspecified atom stereocenters. The Morgan fingerprint density at radius 2 is 1.61 bits per heavy atom. The molecule has 0 saturated heterocycles. The van der Waals surface area contributed by atoms with Crippen LogP contribution in [0.4, 0.5) is 4.39 Å². The molecule has 3 nitrogen and oxygen atoms in total. The van der Waals surface area contributed by atoms with Crippen molar-refractivity contribution in [3.63, 3.8) is 0 Å². The molecule has 5 rings (SSSR count). The van der Waals surface area contributed by atoms with Crippen molar-refractivity contribution in [2.75, 3.05) is 13.1 Å². The molecule has 3 heterocycles. The van der Waals surface area contributed by atoms with E-state index in [0.29, 0.717) is 0 Å². The van der Waals surface area contributed by atoms with Gasteiger partial charge in [-0.25, -0.2) is 4.39 Å². The third-order valence-corrected chi connectivity index (χ3v) is 5.82. The lowest BCUT2D eigenvalue weighted by Crippen LogP contribution is -2.29. The second kappa shape index (κ2) is 8.70. The van der Waals surface area contributed by atoms with Crippen LogP contribution in [0.1, 0.15) is 12.0 Å². The van der Waals surface area contributed by atoms with Crippen LogP contribution in [0.2, 0.25) is 0 Å². The molecule has 0 bridgehead atoms. The molecule has 1 aliphatic rings. The molecule has 31 heavy (non-hydrogen) atoms. The number of rotatable bonds is 5. The summed E-state index contributed by atoms with van der Waals surface area (Å²) in [6.07, 6.45) is 9.03. The van der Waals surface area contributed by atoms with Crippen LogP contribution in [0, 0.1) is 5.82 Å². The van der Waals surface area contributed by atoms with Crippen molar-refractivity contribution in [2.24, 2.45) is 0 Å². The summed E-state index contributed by atoms with van der Waals surface area (Å²) < 4.78 is 15.9. The second-order valence-corrected chi connectivity index (χ2v) is 7.86. The molecule has 0 amide bonds. The molecule has 154 valence electrons. The fourth-order valence-corrected chi connectivity index (χ4v) is 4.24. The van der Waals surface area contributed by atoms with E-state index in [2.05, 4.69) is 63.1 Å². The van der Waals surface area contributed by atoms with Crippen LogP contribution in [-0.2, 0) is 6.54 Å². The zero-order valence-electron chi connectivity index (χ0n) is 17.3. The van der Waals surface area contributed by atoms with Gasteiger partial charge in [0.2, 0.25) is 0 Å². The van der Waals surface area contributed by atoms with Crippen molar-refractivity contribution >= 4 is 5.70 Å². The van der Waals surface area contributed by atoms with Crippen LogP contribution in [0.5, 0.6) is 0 Å². The van der Waals surface area contributed by atoms with Crippen molar-refractivity contribution in [3.8, 4) is 22.4 Å². The van der Waals surface area contributed by atoms with Gasteiger partial charge >= 0.3 is 0 Å². The topological polar surface area (TPSA) is 21.1 Å². The summed E-state index contributed by atoms with van der Waals surface area (Å²) in [7, 11) is 0. The van der Waals surface area contributed by atoms with E-state index in [-0.39, 0.29) is 5.82 Å². The minimum atomic E-state index is -0.222. The fourth-order valence-electron chi connectivity index (χ4n) is 4.24. The predicted octanol–water partition coefficient (Wildman–Crippen LogP) is 6.10. The Balaban J connectivity index is 1.48. The highest BCUT2D eigenvalue weighted by Gasteiger charge is 2.19. The van der Waals surface area contributed by atoms with Crippen molar-refractivity contribution in [3.05, 3.63) is 109 Å². The number of aromatic nitrogens is 2. The van der Waals surface area contributed by atoms with Crippen LogP contribution in [-0.4, -0.2) is 27.5 Å². The molecule has 0 fully saturated rings. The SMILES string of the molecule is Fc1ccc(-c2c(-c3ccncc3)ccn2C2=CCN(Cc3ccccc3)CC2)cc1. The third kappa shape index (κ3) is 4.21. The minimum absolute atomic E-state index is 0.222. The summed E-state index contributed by atoms with van der Waals surface area (Å²) in [6, 6.07) is 23.6. The first-order valence-electron chi connectivity index (χ1n) is 10.6. The second-order valence-electron chi connectivity index (χ2n) is 7.86. The maximum Gasteiger partial charge on any atom is 0.123 e. The first kappa shape index (κ1) is 19.5. The summed E-state index contributed by atoms with van der Waals surface area (Å²) in [6.45, 7) is 2.88. The van der Waals surface area contributed by atoms with E-state index < -0.39 is 0 Å². The number of halogens is 1. The van der Waals surface area contributed by atoms with E-state index in [9.17, 15) is 4.39 Å². The van der Waals surface area contributed by atoms with Gasteiger partial charge in [-0.15, -0.1) is 0 Å². The molecule has 0 saturated carbocycles. The summed E-state index contributed by atoms with van der Waals surface area (Å²) in [4.78, 5) is 6.61. The van der Waals surface area contributed by atoms with Crippen molar-refractivity contribution in [1.82, 2.24) is 14.5 Å². The van der Waals surface area contributed by atoms with Crippen LogP contribution < -0.4 is 0 Å². The van der Waals surface area contributed by atoms with Gasteiger partial charge in [0.1, 0.15) is 5.82 Å². The molecule has 2 aromatic carbocycles. The molecule has 2 aromatic heterocycles. The largest absolute Gasteiger partial charge is 0.320 e. The summed E-state index contributed by atoms with van der Waals surface area (Å²) in [5.74, 6) is -0.222. The highest BCUT2D eigenvalue weighted by Crippen LogP contribution is 2.36. The molecule has 4 heteroatoms. The number of hydrogen-bond acceptors (Lipinski definition) is 2. The van der Waals surface area contributed by atoms with E-state index in [0.717, 1.165) is 48.4 Å². The standard InChI is InChI=1S/C27H24FN3/c28-24-8-6-23(7-9-24)27-26(22-10-15-29-16-11-22)14-19-31(27)25-12-17-30(18-13-25)20-21-4-2-1-3-5-21/h1-12,14-16,19H,13,17-18,20H2. The van der Waals surface area contributed by atoms with Crippen LogP contribution in [0.3, 0.4) is 0 Å². The maximum absolute atomic E-state index is 13.6. The minimum Gasteiger partial charge on any atom is -0.320 e. The van der Waals surface area contributed by atoms with Crippen molar-refractivity contribution in [2.45, 2.75) is 13.0 Å². The predicted molar refractivity (Wildman–Crippen MR) is 124 cm³/mol. The van der Waals surface area contributed by atoms with Gasteiger partial charge < -0.3 is 4.57 Å². The molecule has 0 spiro atoms. The molecular formula is C27H24FN3. The number of benzene rings is 2. The van der Waals surface area contributed by atoms with E-state index >= 15 is 0 Å². The molecule has 0 atom stereocenters. The Morgan fingerprint density at radius 1 is 0.839 bits per heavy atom. The van der Waals surface area contributed by atoms with Gasteiger partial charge in [0, 0.05) is 55.9 Å². The Kier molecular flexibility index (Phi) is 5.46. The number of nitrogens with zero attached hydrogens (tertiary/aromatic N) is 3. The van der Waals surface area contributed by atoms with Gasteiger partial charge in [-0.05, 0) is 59.2 Å². The smallest absolute Gasteiger partial charge is 0.123 e. The fraction of sp³-hybridized carbons (Fsp3) is 0.148. The maximum atomic E-state index is 13.6. The van der Waals surface area contributed by atoms with Crippen molar-refractivity contribution in [1.29, 1.82) is 0 Å². The van der Waals surface area contributed by atoms with Gasteiger partial charge in [-0.3, -0.25) is 9.88 Å². The zero-order valence-corrected chi connectivity index (χ0v) is 17.3. The average Bonchev–Trinajstić information content (AvgIpc) is 3.26. The van der Waals surface area contributed by atoms with Gasteiger partial charge in [0.15, 0.2) is 0 Å². The van der Waals surface area contributed by atoms with Gasteiger partial charge in [-0.1, -0.05) is 36.4 Å². The zero-order chi connectivity index (χ0) is 21.0. The summed E-state index contributed by atoms with van der Waals surface area (Å²) in [5, 5.41) is 0. The third-order valence-electron chi connectivity index (χ3n) is 5.82. The molecule has 4 aromatic rings. The van der Waals surface area contributed by atoms with Crippen LogP contribution in [0.25, 0.3) is 28.1 Å². The lowest BCUT2D eigenvalue weighted by Gasteiger charge is -2.27. The molecule has 0 radical (unpaired) electrons. The summed E-state index contributed by atoms with van der Waals surface area (Å²) >= 11 is 0. The van der Waals surface area contributed by atoms with E-state index in [1.54, 1.807) is 0 Å². The van der Waals surface area contributed by atoms with Crippen LogP contribution in [0.15, 0.2) is 97.5 Å². The monoisotopic (exact) mass is 409 g/mol. The Bertz CT molecular complexity index is 1180. The lowest BCUT2D eigenvalue weighted by molar-refractivity contribution is 0.291. The molecule has 1 aliphatic heterocycles. The van der Waals surface area contributed by atoms with Gasteiger partial charge in [0.25, 0.3) is 0 Å². The quantitative estimate of drug-likeness (QED) is 0.397. The number of hydrogen-bond donors (Lipinski definition) is 0. The first-order chi connectivity index (χ1) is 15.3. The normalized spacial score (nSPS) is 14.4. The highest BCUT2D eigenvalue weighted by molar-refractivity contribution is 5.84. The first-order valence-corrected chi connectivity index (χ1v) is 10.6. The van der Waals surface area contributed by atoms with Crippen molar-refractivity contribution < 1.29 is 4.39 Å². The van der Waals surface area contributed by atoms with Gasteiger partial charge in [-0.2, -0.15) is 0 Å². The Labute approximate surface area is 182 Å². The van der Waals surface area contributed by atoms with E-state index in [1.165, 1.54) is 23.4 Å². The Hall–Kier alpha value is -3.50. The van der Waals surface area contributed by atoms with E-state index in [1.807, 2.05) is 36.7 Å².